The SMILES string of the molecule is CCCC(C)NCc1nc(-c2cn(C)c3ccccc23)no1. The number of aromatic nitrogens is 3. The zero-order valence-corrected chi connectivity index (χ0v) is 13.3. The van der Waals surface area contributed by atoms with E-state index in [4.69, 9.17) is 4.52 Å². The van der Waals surface area contributed by atoms with Gasteiger partial charge in [-0.1, -0.05) is 36.7 Å². The van der Waals surface area contributed by atoms with Gasteiger partial charge in [-0.3, -0.25) is 0 Å². The van der Waals surface area contributed by atoms with Crippen LogP contribution in [-0.2, 0) is 13.6 Å². The van der Waals surface area contributed by atoms with Crippen LogP contribution in [0.5, 0.6) is 0 Å². The van der Waals surface area contributed by atoms with E-state index in [2.05, 4.69) is 46.0 Å². The Balaban J connectivity index is 1.81. The lowest BCUT2D eigenvalue weighted by Gasteiger charge is -2.09. The molecule has 0 aliphatic rings. The van der Waals surface area contributed by atoms with Crippen LogP contribution in [0.25, 0.3) is 22.3 Å². The van der Waals surface area contributed by atoms with E-state index in [1.807, 2.05) is 25.4 Å². The fourth-order valence-corrected chi connectivity index (χ4v) is 2.75. The van der Waals surface area contributed by atoms with Gasteiger partial charge in [0.1, 0.15) is 0 Å². The van der Waals surface area contributed by atoms with Crippen LogP contribution in [-0.4, -0.2) is 20.7 Å². The Morgan fingerprint density at radius 3 is 2.95 bits per heavy atom. The molecular weight excluding hydrogens is 276 g/mol. The number of para-hydroxylation sites is 1. The predicted molar refractivity (Wildman–Crippen MR) is 87.4 cm³/mol. The van der Waals surface area contributed by atoms with Gasteiger partial charge in [0.25, 0.3) is 0 Å². The Kier molecular flexibility index (Phi) is 4.24. The third-order valence-corrected chi connectivity index (χ3v) is 3.93. The Hall–Kier alpha value is -2.14. The van der Waals surface area contributed by atoms with Gasteiger partial charge in [-0.25, -0.2) is 0 Å². The first-order valence-electron chi connectivity index (χ1n) is 7.79. The van der Waals surface area contributed by atoms with Crippen molar-refractivity contribution in [1.29, 1.82) is 0 Å². The van der Waals surface area contributed by atoms with E-state index in [-0.39, 0.29) is 0 Å². The van der Waals surface area contributed by atoms with E-state index in [9.17, 15) is 0 Å². The number of benzene rings is 1. The van der Waals surface area contributed by atoms with Crippen LogP contribution in [0.4, 0.5) is 0 Å². The van der Waals surface area contributed by atoms with Gasteiger partial charge in [0.15, 0.2) is 0 Å². The maximum absolute atomic E-state index is 5.37. The third kappa shape index (κ3) is 2.90. The van der Waals surface area contributed by atoms with E-state index in [1.54, 1.807) is 0 Å². The van der Waals surface area contributed by atoms with Crippen LogP contribution in [0, 0.1) is 0 Å². The second-order valence-electron chi connectivity index (χ2n) is 5.75. The number of hydrogen-bond acceptors (Lipinski definition) is 4. The minimum absolute atomic E-state index is 0.456. The van der Waals surface area contributed by atoms with Crippen LogP contribution in [0.2, 0.25) is 0 Å². The molecule has 2 aromatic heterocycles. The maximum Gasteiger partial charge on any atom is 0.240 e. The highest BCUT2D eigenvalue weighted by atomic mass is 16.5. The van der Waals surface area contributed by atoms with Crippen molar-refractivity contribution in [2.24, 2.45) is 7.05 Å². The van der Waals surface area contributed by atoms with E-state index in [0.717, 1.165) is 17.4 Å². The molecule has 1 atom stereocenters. The van der Waals surface area contributed by atoms with Crippen molar-refractivity contribution in [3.05, 3.63) is 36.4 Å². The van der Waals surface area contributed by atoms with Crippen molar-refractivity contribution in [3.63, 3.8) is 0 Å². The number of nitrogens with one attached hydrogen (secondary N) is 1. The third-order valence-electron chi connectivity index (χ3n) is 3.93. The zero-order chi connectivity index (χ0) is 15.5. The topological polar surface area (TPSA) is 55.9 Å². The quantitative estimate of drug-likeness (QED) is 0.756. The van der Waals surface area contributed by atoms with Gasteiger partial charge < -0.3 is 14.4 Å². The van der Waals surface area contributed by atoms with E-state index >= 15 is 0 Å². The highest BCUT2D eigenvalue weighted by molar-refractivity contribution is 5.94. The van der Waals surface area contributed by atoms with Crippen LogP contribution in [0.15, 0.2) is 35.0 Å². The van der Waals surface area contributed by atoms with E-state index in [0.29, 0.717) is 24.3 Å². The van der Waals surface area contributed by atoms with Crippen LogP contribution < -0.4 is 5.32 Å². The van der Waals surface area contributed by atoms with E-state index < -0.39 is 0 Å². The Morgan fingerprint density at radius 2 is 2.14 bits per heavy atom. The molecule has 0 aliphatic carbocycles. The van der Waals surface area contributed by atoms with Crippen molar-refractivity contribution in [2.45, 2.75) is 39.3 Å². The first kappa shape index (κ1) is 14.8. The molecule has 0 saturated carbocycles. The lowest BCUT2D eigenvalue weighted by Crippen LogP contribution is -2.25. The Bertz CT molecular complexity index is 759. The van der Waals surface area contributed by atoms with Crippen molar-refractivity contribution in [2.75, 3.05) is 0 Å². The molecule has 3 rings (SSSR count). The fourth-order valence-electron chi connectivity index (χ4n) is 2.75. The molecule has 5 heteroatoms. The molecule has 2 heterocycles. The summed E-state index contributed by atoms with van der Waals surface area (Å²) in [6.07, 6.45) is 4.36. The Labute approximate surface area is 130 Å². The highest BCUT2D eigenvalue weighted by Crippen LogP contribution is 2.27. The molecule has 1 aromatic carbocycles. The maximum atomic E-state index is 5.37. The normalized spacial score (nSPS) is 12.9. The number of aryl methyl sites for hydroxylation is 1. The van der Waals surface area contributed by atoms with Crippen molar-refractivity contribution in [1.82, 2.24) is 20.0 Å². The van der Waals surface area contributed by atoms with Gasteiger partial charge in [-0.15, -0.1) is 0 Å². The summed E-state index contributed by atoms with van der Waals surface area (Å²) in [5.41, 5.74) is 2.17. The summed E-state index contributed by atoms with van der Waals surface area (Å²) in [7, 11) is 2.03. The van der Waals surface area contributed by atoms with Crippen LogP contribution >= 0.6 is 0 Å². The molecule has 0 bridgehead atoms. The van der Waals surface area contributed by atoms with Crippen molar-refractivity contribution in [3.8, 4) is 11.4 Å². The second-order valence-corrected chi connectivity index (χ2v) is 5.75. The summed E-state index contributed by atoms with van der Waals surface area (Å²) >= 11 is 0. The largest absolute Gasteiger partial charge is 0.350 e. The molecule has 0 amide bonds. The summed E-state index contributed by atoms with van der Waals surface area (Å²) in [5.74, 6) is 1.28. The van der Waals surface area contributed by atoms with Gasteiger partial charge in [0.05, 0.1) is 6.54 Å². The monoisotopic (exact) mass is 298 g/mol. The summed E-state index contributed by atoms with van der Waals surface area (Å²) < 4.78 is 7.46. The highest BCUT2D eigenvalue weighted by Gasteiger charge is 2.14. The molecular formula is C17H22N4O. The smallest absolute Gasteiger partial charge is 0.240 e. The van der Waals surface area contributed by atoms with Crippen LogP contribution in [0.1, 0.15) is 32.6 Å². The molecule has 22 heavy (non-hydrogen) atoms. The first-order valence-corrected chi connectivity index (χ1v) is 7.79. The number of nitrogens with zero attached hydrogens (tertiary/aromatic N) is 3. The molecule has 0 radical (unpaired) electrons. The molecule has 0 fully saturated rings. The Morgan fingerprint density at radius 1 is 1.32 bits per heavy atom. The van der Waals surface area contributed by atoms with Crippen molar-refractivity contribution >= 4 is 10.9 Å². The fraction of sp³-hybridized carbons (Fsp3) is 0.412. The van der Waals surface area contributed by atoms with Gasteiger partial charge >= 0.3 is 0 Å². The lowest BCUT2D eigenvalue weighted by atomic mass is 10.2. The van der Waals surface area contributed by atoms with Gasteiger partial charge in [0, 0.05) is 35.8 Å². The van der Waals surface area contributed by atoms with E-state index in [1.165, 1.54) is 11.9 Å². The predicted octanol–water partition coefficient (Wildman–Crippen LogP) is 3.51. The van der Waals surface area contributed by atoms with Crippen molar-refractivity contribution < 1.29 is 4.52 Å². The molecule has 0 saturated heterocycles. The second kappa shape index (κ2) is 6.32. The minimum Gasteiger partial charge on any atom is -0.350 e. The first-order chi connectivity index (χ1) is 10.7. The molecule has 1 N–H and O–H groups in total. The number of hydrogen-bond donors (Lipinski definition) is 1. The summed E-state index contributed by atoms with van der Waals surface area (Å²) in [6, 6.07) is 8.70. The molecule has 1 unspecified atom stereocenters. The van der Waals surface area contributed by atoms with Crippen LogP contribution in [0.3, 0.4) is 0 Å². The molecule has 5 nitrogen and oxygen atoms in total. The molecule has 116 valence electrons. The average molecular weight is 298 g/mol. The number of fused-ring (bicyclic) bond motifs is 1. The minimum atomic E-state index is 0.456. The summed E-state index contributed by atoms with van der Waals surface area (Å²) in [4.78, 5) is 4.52. The molecule has 0 aliphatic heterocycles. The van der Waals surface area contributed by atoms with Gasteiger partial charge in [-0.05, 0) is 19.4 Å². The standard InChI is InChI=1S/C17H22N4O/c1-4-7-12(2)18-10-16-19-17(20-22-16)14-11-21(3)15-9-6-5-8-13(14)15/h5-6,8-9,11-12,18H,4,7,10H2,1-3H3. The summed E-state index contributed by atoms with van der Waals surface area (Å²) in [5, 5.41) is 8.68. The lowest BCUT2D eigenvalue weighted by molar-refractivity contribution is 0.356. The summed E-state index contributed by atoms with van der Waals surface area (Å²) in [6.45, 7) is 4.97. The van der Waals surface area contributed by atoms with Gasteiger partial charge in [0.2, 0.25) is 11.7 Å². The zero-order valence-electron chi connectivity index (χ0n) is 13.3. The molecule has 3 aromatic rings. The van der Waals surface area contributed by atoms with Gasteiger partial charge in [-0.2, -0.15) is 4.98 Å². The number of rotatable bonds is 6. The average Bonchev–Trinajstić information content (AvgIpc) is 3.11. The molecule has 0 spiro atoms.